The maximum absolute atomic E-state index is 12.9. The lowest BCUT2D eigenvalue weighted by Gasteiger charge is -2.45. The normalized spacial score (nSPS) is 20.4. The molecule has 1 aliphatic heterocycles. The highest BCUT2D eigenvalue weighted by Crippen LogP contribution is 2.54. The van der Waals surface area contributed by atoms with Crippen LogP contribution in [0.15, 0.2) is 77.5 Å². The van der Waals surface area contributed by atoms with Gasteiger partial charge in [0.2, 0.25) is 0 Å². The van der Waals surface area contributed by atoms with Crippen LogP contribution < -0.4 is 10.5 Å². The third kappa shape index (κ3) is 4.05. The SMILES string of the molecule is COc1ccc(C2C3CN(C(=O)OCc4ccccc4)CC=C3C(C#N)=C(N)C2(C#N)C#N)cc1. The molecule has 2 aromatic carbocycles. The van der Waals surface area contributed by atoms with Gasteiger partial charge in [-0.15, -0.1) is 0 Å². The minimum Gasteiger partial charge on any atom is -0.497 e. The molecule has 2 aliphatic rings. The zero-order valence-electron chi connectivity index (χ0n) is 19.1. The van der Waals surface area contributed by atoms with Gasteiger partial charge in [-0.1, -0.05) is 48.5 Å². The summed E-state index contributed by atoms with van der Waals surface area (Å²) in [6, 6.07) is 22.7. The molecule has 0 fully saturated rings. The van der Waals surface area contributed by atoms with Crippen LogP contribution in [0.4, 0.5) is 4.79 Å². The first kappa shape index (κ1) is 23.4. The van der Waals surface area contributed by atoms with E-state index in [1.54, 1.807) is 37.5 Å². The Morgan fingerprint density at radius 3 is 2.40 bits per heavy atom. The Labute approximate surface area is 203 Å². The van der Waals surface area contributed by atoms with E-state index in [1.165, 1.54) is 4.90 Å². The van der Waals surface area contributed by atoms with Crippen LogP contribution in [0.25, 0.3) is 0 Å². The average Bonchev–Trinajstić information content (AvgIpc) is 2.91. The molecule has 2 unspecified atom stereocenters. The standard InChI is InChI=1S/C27H23N5O3/c1-34-20-9-7-19(8-10-20)24-23-14-32(26(33)35-15-18-5-3-2-4-6-18)12-11-21(23)22(13-28)25(31)27(24,16-29)17-30/h2-11,23-24H,12,14-15,31H2,1H3. The van der Waals surface area contributed by atoms with Gasteiger partial charge in [0, 0.05) is 24.9 Å². The molecular weight excluding hydrogens is 442 g/mol. The van der Waals surface area contributed by atoms with Gasteiger partial charge in [-0.05, 0) is 28.8 Å². The number of nitrogens with zero attached hydrogens (tertiary/aromatic N) is 4. The van der Waals surface area contributed by atoms with Crippen LogP contribution in [0, 0.1) is 45.3 Å². The van der Waals surface area contributed by atoms with Crippen LogP contribution in [0.3, 0.4) is 0 Å². The maximum Gasteiger partial charge on any atom is 0.410 e. The molecule has 2 aromatic rings. The van der Waals surface area contributed by atoms with Crippen molar-refractivity contribution in [2.45, 2.75) is 12.5 Å². The fraction of sp³-hybridized carbons (Fsp3) is 0.259. The number of nitriles is 3. The summed E-state index contributed by atoms with van der Waals surface area (Å²) in [5.41, 5.74) is 6.79. The monoisotopic (exact) mass is 465 g/mol. The van der Waals surface area contributed by atoms with Gasteiger partial charge >= 0.3 is 6.09 Å². The summed E-state index contributed by atoms with van der Waals surface area (Å²) in [6.07, 6.45) is 1.25. The van der Waals surface area contributed by atoms with Crippen molar-refractivity contribution in [2.24, 2.45) is 17.1 Å². The number of hydrogen-bond acceptors (Lipinski definition) is 7. The second kappa shape index (κ2) is 9.63. The highest BCUT2D eigenvalue weighted by atomic mass is 16.6. The molecule has 0 aromatic heterocycles. The lowest BCUT2D eigenvalue weighted by atomic mass is 9.58. The zero-order chi connectivity index (χ0) is 25.0. The Hall–Kier alpha value is -4.74. The van der Waals surface area contributed by atoms with Crippen LogP contribution in [0.5, 0.6) is 5.75 Å². The Morgan fingerprint density at radius 1 is 1.11 bits per heavy atom. The Kier molecular flexibility index (Phi) is 6.44. The van der Waals surface area contributed by atoms with Crippen molar-refractivity contribution >= 4 is 6.09 Å². The van der Waals surface area contributed by atoms with E-state index in [0.29, 0.717) is 16.9 Å². The molecule has 0 spiro atoms. The van der Waals surface area contributed by atoms with Gasteiger partial charge in [0.15, 0.2) is 5.41 Å². The second-order valence-corrected chi connectivity index (χ2v) is 8.39. The molecule has 0 saturated heterocycles. The number of ether oxygens (including phenoxy) is 2. The highest BCUT2D eigenvalue weighted by Gasteiger charge is 2.54. The van der Waals surface area contributed by atoms with E-state index in [0.717, 1.165) is 5.56 Å². The molecular formula is C27H23N5O3. The van der Waals surface area contributed by atoms with E-state index in [-0.39, 0.29) is 31.0 Å². The smallest absolute Gasteiger partial charge is 0.410 e. The molecule has 0 radical (unpaired) electrons. The molecule has 1 heterocycles. The molecule has 2 atom stereocenters. The number of fused-ring (bicyclic) bond motifs is 1. The van der Waals surface area contributed by atoms with Crippen LogP contribution >= 0.6 is 0 Å². The summed E-state index contributed by atoms with van der Waals surface area (Å²) in [6.45, 7) is 0.509. The third-order valence-corrected chi connectivity index (χ3v) is 6.60. The Balaban J connectivity index is 1.73. The van der Waals surface area contributed by atoms with Crippen molar-refractivity contribution in [3.63, 3.8) is 0 Å². The zero-order valence-corrected chi connectivity index (χ0v) is 19.1. The summed E-state index contributed by atoms with van der Waals surface area (Å²) in [5.74, 6) is -0.602. The molecule has 174 valence electrons. The van der Waals surface area contributed by atoms with Gasteiger partial charge in [0.25, 0.3) is 0 Å². The number of carbonyl (C=O) groups excluding carboxylic acids is 1. The molecule has 0 saturated carbocycles. The van der Waals surface area contributed by atoms with Gasteiger partial charge in [0.05, 0.1) is 30.5 Å². The minimum atomic E-state index is -1.78. The predicted molar refractivity (Wildman–Crippen MR) is 126 cm³/mol. The molecule has 4 rings (SSSR count). The molecule has 1 amide bonds. The minimum absolute atomic E-state index is 0.0616. The van der Waals surface area contributed by atoms with Crippen LogP contribution in [0.2, 0.25) is 0 Å². The lowest BCUT2D eigenvalue weighted by molar-refractivity contribution is 0.0898. The predicted octanol–water partition coefficient (Wildman–Crippen LogP) is 3.76. The molecule has 35 heavy (non-hydrogen) atoms. The van der Waals surface area contributed by atoms with Crippen LogP contribution in [-0.4, -0.2) is 31.2 Å². The third-order valence-electron chi connectivity index (χ3n) is 6.60. The largest absolute Gasteiger partial charge is 0.497 e. The summed E-state index contributed by atoms with van der Waals surface area (Å²) in [5, 5.41) is 30.2. The lowest BCUT2D eigenvalue weighted by Crippen LogP contribution is -2.49. The summed E-state index contributed by atoms with van der Waals surface area (Å²) in [7, 11) is 1.55. The van der Waals surface area contributed by atoms with E-state index < -0.39 is 23.3 Å². The number of methoxy groups -OCH3 is 1. The number of amides is 1. The molecule has 8 nitrogen and oxygen atoms in total. The highest BCUT2D eigenvalue weighted by molar-refractivity contribution is 5.69. The van der Waals surface area contributed by atoms with Gasteiger partial charge in [-0.2, -0.15) is 15.8 Å². The molecule has 1 aliphatic carbocycles. The van der Waals surface area contributed by atoms with Gasteiger partial charge in [-0.25, -0.2) is 4.79 Å². The van der Waals surface area contributed by atoms with Crippen molar-refractivity contribution < 1.29 is 14.3 Å². The van der Waals surface area contributed by atoms with E-state index in [9.17, 15) is 20.6 Å². The average molecular weight is 466 g/mol. The van der Waals surface area contributed by atoms with Crippen molar-refractivity contribution in [1.29, 1.82) is 15.8 Å². The maximum atomic E-state index is 12.9. The van der Waals surface area contributed by atoms with Gasteiger partial charge in [0.1, 0.15) is 18.4 Å². The molecule has 2 N–H and O–H groups in total. The molecule has 8 heteroatoms. The Bertz CT molecular complexity index is 1300. The topological polar surface area (TPSA) is 136 Å². The van der Waals surface area contributed by atoms with Crippen molar-refractivity contribution in [2.75, 3.05) is 20.2 Å². The number of benzene rings is 2. The van der Waals surface area contributed by atoms with Crippen LogP contribution in [0.1, 0.15) is 17.0 Å². The van der Waals surface area contributed by atoms with Gasteiger partial charge in [-0.3, -0.25) is 0 Å². The summed E-state index contributed by atoms with van der Waals surface area (Å²) in [4.78, 5) is 14.4. The Morgan fingerprint density at radius 2 is 1.80 bits per heavy atom. The fourth-order valence-electron chi connectivity index (χ4n) is 4.83. The molecule has 0 bridgehead atoms. The first-order valence-electron chi connectivity index (χ1n) is 11.0. The first-order chi connectivity index (χ1) is 17.0. The van der Waals surface area contributed by atoms with E-state index in [2.05, 4.69) is 18.2 Å². The number of rotatable bonds is 4. The van der Waals surface area contributed by atoms with Crippen molar-refractivity contribution in [1.82, 2.24) is 4.90 Å². The number of allylic oxidation sites excluding steroid dienone is 2. The second-order valence-electron chi connectivity index (χ2n) is 8.39. The van der Waals surface area contributed by atoms with E-state index >= 15 is 0 Å². The first-order valence-corrected chi connectivity index (χ1v) is 11.0. The summed E-state index contributed by atoms with van der Waals surface area (Å²) < 4.78 is 10.8. The number of nitrogens with two attached hydrogens (primary N) is 1. The number of hydrogen-bond donors (Lipinski definition) is 1. The van der Waals surface area contributed by atoms with E-state index in [4.69, 9.17) is 15.2 Å². The van der Waals surface area contributed by atoms with E-state index in [1.807, 2.05) is 30.3 Å². The number of carbonyl (C=O) groups is 1. The fourth-order valence-corrected chi connectivity index (χ4v) is 4.83. The van der Waals surface area contributed by atoms with Gasteiger partial charge < -0.3 is 20.1 Å². The quantitative estimate of drug-likeness (QED) is 0.726. The van der Waals surface area contributed by atoms with Crippen LogP contribution in [-0.2, 0) is 11.3 Å². The van der Waals surface area contributed by atoms with Crippen molar-refractivity contribution in [3.8, 4) is 24.0 Å². The van der Waals surface area contributed by atoms with Crippen molar-refractivity contribution in [3.05, 3.63) is 88.6 Å². The summed E-state index contributed by atoms with van der Waals surface area (Å²) >= 11 is 0.